The highest BCUT2D eigenvalue weighted by Crippen LogP contribution is 2.23. The molecule has 3 nitrogen and oxygen atoms in total. The van der Waals surface area contributed by atoms with Crippen molar-refractivity contribution in [3.8, 4) is 6.07 Å². The average Bonchev–Trinajstić information content (AvgIpc) is 2.82. The number of nitrogens with zero attached hydrogens (tertiary/aromatic N) is 2. The summed E-state index contributed by atoms with van der Waals surface area (Å²) in [6, 6.07) is 8.01. The summed E-state index contributed by atoms with van der Waals surface area (Å²) in [5.74, 6) is 0. The highest BCUT2D eigenvalue weighted by Gasteiger charge is 2.11. The molecule has 1 aromatic carbocycles. The van der Waals surface area contributed by atoms with Gasteiger partial charge >= 0.3 is 0 Å². The van der Waals surface area contributed by atoms with Gasteiger partial charge in [-0.25, -0.2) is 0 Å². The second kappa shape index (κ2) is 6.04. The van der Waals surface area contributed by atoms with Crippen LogP contribution in [0, 0.1) is 11.3 Å². The molecule has 0 amide bonds. The molecule has 0 saturated carbocycles. The van der Waals surface area contributed by atoms with Gasteiger partial charge in [0.15, 0.2) is 0 Å². The van der Waals surface area contributed by atoms with Crippen LogP contribution in [0.15, 0.2) is 22.7 Å². The van der Waals surface area contributed by atoms with Crippen molar-refractivity contribution in [3.63, 3.8) is 0 Å². The Morgan fingerprint density at radius 1 is 1.35 bits per heavy atom. The number of hydrogen-bond acceptors (Lipinski definition) is 3. The summed E-state index contributed by atoms with van der Waals surface area (Å²) in [7, 11) is 0. The molecule has 4 heteroatoms. The van der Waals surface area contributed by atoms with Gasteiger partial charge in [-0.1, -0.05) is 6.07 Å². The van der Waals surface area contributed by atoms with Crippen molar-refractivity contribution >= 4 is 21.6 Å². The van der Waals surface area contributed by atoms with Crippen molar-refractivity contribution in [1.82, 2.24) is 4.90 Å². The zero-order valence-corrected chi connectivity index (χ0v) is 11.3. The van der Waals surface area contributed by atoms with Crippen molar-refractivity contribution in [2.75, 3.05) is 31.5 Å². The molecule has 0 atom stereocenters. The molecular weight excluding hydrogens is 278 g/mol. The number of rotatable bonds is 4. The summed E-state index contributed by atoms with van der Waals surface area (Å²) in [4.78, 5) is 2.46. The first-order valence-electron chi connectivity index (χ1n) is 5.96. The van der Waals surface area contributed by atoms with E-state index in [1.165, 1.54) is 25.9 Å². The van der Waals surface area contributed by atoms with E-state index < -0.39 is 0 Å². The monoisotopic (exact) mass is 293 g/mol. The van der Waals surface area contributed by atoms with E-state index in [1.54, 1.807) is 0 Å². The van der Waals surface area contributed by atoms with Gasteiger partial charge in [0.05, 0.1) is 11.3 Å². The maximum atomic E-state index is 9.08. The minimum atomic E-state index is 0.689. The van der Waals surface area contributed by atoms with Gasteiger partial charge in [-0.05, 0) is 54.0 Å². The third kappa shape index (κ3) is 3.21. The fraction of sp³-hybridized carbons (Fsp3) is 0.462. The number of halogens is 1. The van der Waals surface area contributed by atoms with E-state index in [0.717, 1.165) is 23.2 Å². The Labute approximate surface area is 111 Å². The van der Waals surface area contributed by atoms with Gasteiger partial charge in [-0.2, -0.15) is 5.26 Å². The minimum absolute atomic E-state index is 0.689. The van der Waals surface area contributed by atoms with Crippen LogP contribution in [0.5, 0.6) is 0 Å². The van der Waals surface area contributed by atoms with Gasteiger partial charge in [0.25, 0.3) is 0 Å². The summed E-state index contributed by atoms with van der Waals surface area (Å²) in [6.07, 6.45) is 2.64. The van der Waals surface area contributed by atoms with Crippen molar-refractivity contribution < 1.29 is 0 Å². The molecule has 1 aliphatic rings. The second-order valence-electron chi connectivity index (χ2n) is 4.25. The zero-order chi connectivity index (χ0) is 12.1. The molecule has 0 spiro atoms. The highest BCUT2D eigenvalue weighted by molar-refractivity contribution is 9.10. The van der Waals surface area contributed by atoms with Crippen molar-refractivity contribution in [1.29, 1.82) is 5.26 Å². The first kappa shape index (κ1) is 12.4. The van der Waals surface area contributed by atoms with Crippen LogP contribution in [0.3, 0.4) is 0 Å². The number of anilines is 1. The van der Waals surface area contributed by atoms with Crippen LogP contribution in [0.25, 0.3) is 0 Å². The lowest BCUT2D eigenvalue weighted by atomic mass is 10.2. The number of likely N-dealkylation sites (tertiary alicyclic amines) is 1. The Hall–Kier alpha value is -1.05. The van der Waals surface area contributed by atoms with Crippen LogP contribution in [0.1, 0.15) is 18.4 Å². The van der Waals surface area contributed by atoms with Crippen LogP contribution >= 0.6 is 15.9 Å². The van der Waals surface area contributed by atoms with E-state index in [2.05, 4.69) is 32.2 Å². The SMILES string of the molecule is N#Cc1c(Br)cccc1NCCN1CCCC1. The number of nitriles is 1. The average molecular weight is 294 g/mol. The molecule has 0 unspecified atom stereocenters. The smallest absolute Gasteiger partial charge is 0.103 e. The Morgan fingerprint density at radius 2 is 2.12 bits per heavy atom. The lowest BCUT2D eigenvalue weighted by molar-refractivity contribution is 0.352. The molecule has 17 heavy (non-hydrogen) atoms. The predicted molar refractivity (Wildman–Crippen MR) is 73.0 cm³/mol. The summed E-state index contributed by atoms with van der Waals surface area (Å²) in [5.41, 5.74) is 1.61. The van der Waals surface area contributed by atoms with Crippen LogP contribution in [-0.4, -0.2) is 31.1 Å². The van der Waals surface area contributed by atoms with Crippen molar-refractivity contribution in [3.05, 3.63) is 28.2 Å². The highest BCUT2D eigenvalue weighted by atomic mass is 79.9. The summed E-state index contributed by atoms with van der Waals surface area (Å²) in [5, 5.41) is 12.4. The molecule has 0 aliphatic carbocycles. The van der Waals surface area contributed by atoms with Crippen molar-refractivity contribution in [2.45, 2.75) is 12.8 Å². The minimum Gasteiger partial charge on any atom is -0.383 e. The number of benzene rings is 1. The molecule has 1 saturated heterocycles. The summed E-state index contributed by atoms with van der Waals surface area (Å²) >= 11 is 3.39. The van der Waals surface area contributed by atoms with Crippen LogP contribution < -0.4 is 5.32 Å². The zero-order valence-electron chi connectivity index (χ0n) is 9.75. The fourth-order valence-electron chi connectivity index (χ4n) is 2.14. The van der Waals surface area contributed by atoms with E-state index >= 15 is 0 Å². The quantitative estimate of drug-likeness (QED) is 0.928. The standard InChI is InChI=1S/C13H16BrN3/c14-12-4-3-5-13(11(12)10-15)16-6-9-17-7-1-2-8-17/h3-5,16H,1-2,6-9H2. The normalized spacial score (nSPS) is 15.8. The van der Waals surface area contributed by atoms with Crippen LogP contribution in [-0.2, 0) is 0 Å². The first-order valence-corrected chi connectivity index (χ1v) is 6.75. The van der Waals surface area contributed by atoms with Gasteiger partial charge in [0, 0.05) is 17.6 Å². The maximum Gasteiger partial charge on any atom is 0.103 e. The van der Waals surface area contributed by atoms with Gasteiger partial charge in [0.2, 0.25) is 0 Å². The van der Waals surface area contributed by atoms with E-state index in [4.69, 9.17) is 5.26 Å². The lowest BCUT2D eigenvalue weighted by Crippen LogP contribution is -2.26. The lowest BCUT2D eigenvalue weighted by Gasteiger charge is -2.16. The molecular formula is C13H16BrN3. The Morgan fingerprint density at radius 3 is 2.82 bits per heavy atom. The largest absolute Gasteiger partial charge is 0.383 e. The summed E-state index contributed by atoms with van der Waals surface area (Å²) in [6.45, 7) is 4.37. The molecule has 2 rings (SSSR count). The molecule has 0 bridgehead atoms. The molecule has 1 fully saturated rings. The third-order valence-electron chi connectivity index (χ3n) is 3.07. The van der Waals surface area contributed by atoms with Gasteiger partial charge in [-0.15, -0.1) is 0 Å². The van der Waals surface area contributed by atoms with E-state index in [1.807, 2.05) is 18.2 Å². The topological polar surface area (TPSA) is 39.1 Å². The predicted octanol–water partition coefficient (Wildman–Crippen LogP) is 2.83. The number of hydrogen-bond donors (Lipinski definition) is 1. The molecule has 1 N–H and O–H groups in total. The van der Waals surface area contributed by atoms with Crippen LogP contribution in [0.2, 0.25) is 0 Å². The number of nitrogens with one attached hydrogen (secondary N) is 1. The fourth-order valence-corrected chi connectivity index (χ4v) is 2.59. The first-order chi connectivity index (χ1) is 8.31. The van der Waals surface area contributed by atoms with Gasteiger partial charge < -0.3 is 10.2 Å². The molecule has 90 valence electrons. The Bertz CT molecular complexity index is 419. The molecule has 0 aromatic heterocycles. The molecule has 1 aliphatic heterocycles. The molecule has 1 aromatic rings. The second-order valence-corrected chi connectivity index (χ2v) is 5.10. The van der Waals surface area contributed by atoms with E-state index in [9.17, 15) is 0 Å². The van der Waals surface area contributed by atoms with Gasteiger partial charge in [-0.3, -0.25) is 0 Å². The molecule has 1 heterocycles. The summed E-state index contributed by atoms with van der Waals surface area (Å²) < 4.78 is 0.853. The third-order valence-corrected chi connectivity index (χ3v) is 3.73. The maximum absolute atomic E-state index is 9.08. The molecule has 0 radical (unpaired) electrons. The van der Waals surface area contributed by atoms with Gasteiger partial charge in [0.1, 0.15) is 6.07 Å². The Balaban J connectivity index is 1.90. The van der Waals surface area contributed by atoms with Crippen LogP contribution in [0.4, 0.5) is 5.69 Å². The van der Waals surface area contributed by atoms with Crippen molar-refractivity contribution in [2.24, 2.45) is 0 Å². The van der Waals surface area contributed by atoms with E-state index in [-0.39, 0.29) is 0 Å². The van der Waals surface area contributed by atoms with E-state index in [0.29, 0.717) is 5.56 Å². The Kier molecular flexibility index (Phi) is 4.41.